The van der Waals surface area contributed by atoms with E-state index in [2.05, 4.69) is 38.7 Å². The fraction of sp³-hybridized carbons (Fsp3) is 0.200. The van der Waals surface area contributed by atoms with E-state index in [4.69, 9.17) is 0 Å². The van der Waals surface area contributed by atoms with E-state index in [9.17, 15) is 0 Å². The molecule has 0 heteroatoms. The van der Waals surface area contributed by atoms with Crippen molar-refractivity contribution in [1.29, 1.82) is 0 Å². The van der Waals surface area contributed by atoms with Crippen molar-refractivity contribution in [2.24, 2.45) is 0 Å². The lowest BCUT2D eigenvalue weighted by Crippen LogP contribution is -1.80. The minimum absolute atomic E-state index is 1.24. The minimum Gasteiger partial charge on any atom is -0.0984 e. The Bertz CT molecular complexity index is 233. The number of hydrogen-bond acceptors (Lipinski definition) is 0. The van der Waals surface area contributed by atoms with Crippen molar-refractivity contribution in [3.05, 3.63) is 47.6 Å². The molecule has 1 aliphatic rings. The Morgan fingerprint density at radius 2 is 2.20 bits per heavy atom. The summed E-state index contributed by atoms with van der Waals surface area (Å²) >= 11 is 0. The first kappa shape index (κ1) is 7.07. The lowest BCUT2D eigenvalue weighted by molar-refractivity contribution is 1.33. The van der Waals surface area contributed by atoms with E-state index in [1.807, 2.05) is 6.08 Å². The van der Waals surface area contributed by atoms with Gasteiger partial charge in [-0.15, -0.1) is 0 Å². The molecule has 0 unspecified atom stereocenters. The van der Waals surface area contributed by atoms with Crippen molar-refractivity contribution in [2.75, 3.05) is 0 Å². The van der Waals surface area contributed by atoms with E-state index in [1.54, 1.807) is 0 Å². The summed E-state index contributed by atoms with van der Waals surface area (Å²) in [4.78, 5) is 0. The van der Waals surface area contributed by atoms with Gasteiger partial charge in [-0.2, -0.15) is 0 Å². The van der Waals surface area contributed by atoms with Crippen LogP contribution in [0.15, 0.2) is 47.6 Å². The van der Waals surface area contributed by atoms with Gasteiger partial charge < -0.3 is 0 Å². The second kappa shape index (κ2) is 2.70. The summed E-state index contributed by atoms with van der Waals surface area (Å²) in [5.41, 5.74) is 3.90. The van der Waals surface area contributed by atoms with E-state index < -0.39 is 0 Å². The molecule has 0 fully saturated rings. The number of allylic oxidation sites excluding steroid dienone is 7. The molecule has 0 radical (unpaired) electrons. The monoisotopic (exact) mass is 132 g/mol. The van der Waals surface area contributed by atoms with Crippen LogP contribution in [-0.4, -0.2) is 0 Å². The highest BCUT2D eigenvalue weighted by Crippen LogP contribution is 2.21. The molecule has 1 rings (SSSR count). The summed E-state index contributed by atoms with van der Waals surface area (Å²) in [7, 11) is 0. The summed E-state index contributed by atoms with van der Waals surface area (Å²) in [6.45, 7) is 7.96. The van der Waals surface area contributed by atoms with Crippen molar-refractivity contribution in [1.82, 2.24) is 0 Å². The molecule has 10 heavy (non-hydrogen) atoms. The van der Waals surface area contributed by atoms with Gasteiger partial charge in [-0.25, -0.2) is 0 Å². The highest BCUT2D eigenvalue weighted by molar-refractivity contribution is 5.54. The lowest BCUT2D eigenvalue weighted by atomic mass is 10.1. The Morgan fingerprint density at radius 1 is 1.50 bits per heavy atom. The molecule has 0 amide bonds. The van der Waals surface area contributed by atoms with Gasteiger partial charge in [-0.3, -0.25) is 0 Å². The molecule has 0 atom stereocenters. The summed E-state index contributed by atoms with van der Waals surface area (Å²) in [5, 5.41) is 0. The molecule has 0 nitrogen and oxygen atoms in total. The van der Waals surface area contributed by atoms with Gasteiger partial charge in [0.2, 0.25) is 0 Å². The molecule has 0 aromatic carbocycles. The minimum atomic E-state index is 1.24. The topological polar surface area (TPSA) is 0 Å². The maximum Gasteiger partial charge on any atom is -0.0191 e. The van der Waals surface area contributed by atoms with Crippen LogP contribution in [-0.2, 0) is 0 Å². The van der Waals surface area contributed by atoms with Crippen LogP contribution in [0.25, 0.3) is 0 Å². The molecule has 1 aliphatic carbocycles. The zero-order chi connectivity index (χ0) is 7.56. The highest BCUT2D eigenvalue weighted by Gasteiger charge is 2.02. The van der Waals surface area contributed by atoms with Gasteiger partial charge in [-0.05, 0) is 25.0 Å². The average Bonchev–Trinajstić information content (AvgIpc) is 2.33. The van der Waals surface area contributed by atoms with E-state index in [0.29, 0.717) is 0 Å². The van der Waals surface area contributed by atoms with Crippen molar-refractivity contribution in [3.8, 4) is 0 Å². The smallest absolute Gasteiger partial charge is 0.0191 e. The largest absolute Gasteiger partial charge is 0.0984 e. The predicted octanol–water partition coefficient (Wildman–Crippen LogP) is 3.01. The third kappa shape index (κ3) is 1.10. The van der Waals surface area contributed by atoms with Crippen LogP contribution in [0.4, 0.5) is 0 Å². The van der Waals surface area contributed by atoms with Gasteiger partial charge in [0.25, 0.3) is 0 Å². The second-order valence-electron chi connectivity index (χ2n) is 2.60. The molecular formula is C10H12. The molecule has 52 valence electrons. The molecule has 0 N–H and O–H groups in total. The molecule has 0 saturated carbocycles. The van der Waals surface area contributed by atoms with Gasteiger partial charge in [0.1, 0.15) is 0 Å². The Morgan fingerprint density at radius 3 is 2.60 bits per heavy atom. The van der Waals surface area contributed by atoms with Gasteiger partial charge in [0.05, 0.1) is 0 Å². The zero-order valence-corrected chi connectivity index (χ0v) is 6.52. The van der Waals surface area contributed by atoms with Crippen molar-refractivity contribution in [3.63, 3.8) is 0 Å². The van der Waals surface area contributed by atoms with Crippen LogP contribution >= 0.6 is 0 Å². The maximum absolute atomic E-state index is 3.73. The second-order valence-corrected chi connectivity index (χ2v) is 2.60. The lowest BCUT2D eigenvalue weighted by Gasteiger charge is -1.99. The van der Waals surface area contributed by atoms with Crippen LogP contribution in [0, 0.1) is 0 Å². The summed E-state index contributed by atoms with van der Waals surface area (Å²) < 4.78 is 0. The van der Waals surface area contributed by atoms with Crippen molar-refractivity contribution >= 4 is 0 Å². The summed E-state index contributed by atoms with van der Waals surface area (Å²) in [6, 6.07) is 0. The van der Waals surface area contributed by atoms with Crippen LogP contribution in [0.5, 0.6) is 0 Å². The van der Waals surface area contributed by atoms with Crippen LogP contribution in [0.1, 0.15) is 13.8 Å². The molecule has 0 aromatic heterocycles. The van der Waals surface area contributed by atoms with Gasteiger partial charge in [-0.1, -0.05) is 36.5 Å². The van der Waals surface area contributed by atoms with E-state index in [-0.39, 0.29) is 0 Å². The molecular weight excluding hydrogens is 120 g/mol. The van der Waals surface area contributed by atoms with Gasteiger partial charge >= 0.3 is 0 Å². The molecule has 0 aromatic rings. The molecule has 0 heterocycles. The Balaban J connectivity index is 3.03. The normalized spacial score (nSPS) is 15.4. The van der Waals surface area contributed by atoms with E-state index in [0.717, 1.165) is 0 Å². The van der Waals surface area contributed by atoms with Crippen molar-refractivity contribution in [2.45, 2.75) is 13.8 Å². The fourth-order valence-corrected chi connectivity index (χ4v) is 1.07. The van der Waals surface area contributed by atoms with Gasteiger partial charge in [0.15, 0.2) is 0 Å². The Labute approximate surface area is 62.3 Å². The zero-order valence-electron chi connectivity index (χ0n) is 6.52. The SMILES string of the molecule is C=CC1=CC=CC1=C(C)C. The third-order valence-electron chi connectivity index (χ3n) is 1.61. The molecule has 0 spiro atoms. The quantitative estimate of drug-likeness (QED) is 0.514. The highest BCUT2D eigenvalue weighted by atomic mass is 14.1. The first-order valence-corrected chi connectivity index (χ1v) is 3.44. The summed E-state index contributed by atoms with van der Waals surface area (Å²) in [5.74, 6) is 0. The Hall–Kier alpha value is -1.04. The first-order chi connectivity index (χ1) is 4.75. The van der Waals surface area contributed by atoms with Crippen molar-refractivity contribution < 1.29 is 0 Å². The average molecular weight is 132 g/mol. The predicted molar refractivity (Wildman–Crippen MR) is 45.8 cm³/mol. The Kier molecular flexibility index (Phi) is 1.91. The maximum atomic E-state index is 3.73. The molecule has 0 bridgehead atoms. The molecule has 0 saturated heterocycles. The van der Waals surface area contributed by atoms with E-state index in [1.165, 1.54) is 16.7 Å². The summed E-state index contributed by atoms with van der Waals surface area (Å²) in [6.07, 6.45) is 8.14. The first-order valence-electron chi connectivity index (χ1n) is 3.44. The van der Waals surface area contributed by atoms with E-state index >= 15 is 0 Å². The third-order valence-corrected chi connectivity index (χ3v) is 1.61. The number of hydrogen-bond donors (Lipinski definition) is 0. The van der Waals surface area contributed by atoms with Crippen LogP contribution in [0.3, 0.4) is 0 Å². The van der Waals surface area contributed by atoms with Crippen LogP contribution < -0.4 is 0 Å². The molecule has 0 aliphatic heterocycles. The number of rotatable bonds is 1. The van der Waals surface area contributed by atoms with Gasteiger partial charge in [0, 0.05) is 0 Å². The standard InChI is InChI=1S/C10H12/c1-4-9-6-5-7-10(9)8(2)3/h4-7H,1H2,2-3H3. The fourth-order valence-electron chi connectivity index (χ4n) is 1.07. The van der Waals surface area contributed by atoms with Crippen LogP contribution in [0.2, 0.25) is 0 Å².